The van der Waals surface area contributed by atoms with Crippen molar-refractivity contribution in [1.82, 2.24) is 9.80 Å². The molecule has 0 fully saturated rings. The zero-order valence-corrected chi connectivity index (χ0v) is 11.0. The Morgan fingerprint density at radius 2 is 2.15 bits per heavy atom. The molecule has 1 aliphatic rings. The van der Waals surface area contributed by atoms with E-state index >= 15 is 0 Å². The van der Waals surface area contributed by atoms with E-state index in [0.717, 1.165) is 6.67 Å². The molecule has 0 saturated heterocycles. The monoisotopic (exact) mass is 353 g/mol. The minimum atomic E-state index is 0. The molecule has 0 aromatic heterocycles. The number of nitrogens with zero attached hydrogens (tertiary/aromatic N) is 2. The zero-order chi connectivity index (χ0) is 8.81. The Morgan fingerprint density at radius 1 is 1.38 bits per heavy atom. The molecule has 1 heterocycles. The van der Waals surface area contributed by atoms with Gasteiger partial charge >= 0.3 is 0 Å². The molecular formula is C10H18N2Re. The van der Waals surface area contributed by atoms with E-state index in [4.69, 9.17) is 0 Å². The minimum Gasteiger partial charge on any atom is -0.358 e. The van der Waals surface area contributed by atoms with Crippen LogP contribution >= 0.6 is 0 Å². The minimum absolute atomic E-state index is 0. The van der Waals surface area contributed by atoms with Gasteiger partial charge < -0.3 is 9.80 Å². The second-order valence-electron chi connectivity index (χ2n) is 3.16. The SMILES string of the molecule is C=CN1C=CN(CCCCC)C1.[Re]. The molecule has 0 amide bonds. The van der Waals surface area contributed by atoms with Crippen molar-refractivity contribution in [3.8, 4) is 0 Å². The number of rotatable bonds is 5. The van der Waals surface area contributed by atoms with Crippen LogP contribution in [-0.4, -0.2) is 23.0 Å². The van der Waals surface area contributed by atoms with Gasteiger partial charge in [-0.2, -0.15) is 0 Å². The molecule has 13 heavy (non-hydrogen) atoms. The summed E-state index contributed by atoms with van der Waals surface area (Å²) in [5.41, 5.74) is 0. The van der Waals surface area contributed by atoms with Crippen LogP contribution in [0.1, 0.15) is 26.2 Å². The standard InChI is InChI=1S/C10H18N2.Re/c1-3-5-6-7-12-9-8-11(4-2)10-12;/h4,8-9H,2-3,5-7,10H2,1H3;. The maximum absolute atomic E-state index is 3.72. The molecule has 0 bridgehead atoms. The molecule has 0 spiro atoms. The third-order valence-electron chi connectivity index (χ3n) is 2.10. The molecule has 75 valence electrons. The Hall–Kier alpha value is -0.258. The van der Waals surface area contributed by atoms with E-state index in [0.29, 0.717) is 0 Å². The first kappa shape index (κ1) is 12.7. The number of hydrogen-bond acceptors (Lipinski definition) is 2. The van der Waals surface area contributed by atoms with E-state index in [2.05, 4.69) is 35.7 Å². The van der Waals surface area contributed by atoms with Gasteiger partial charge in [0.25, 0.3) is 0 Å². The first-order chi connectivity index (χ1) is 5.86. The summed E-state index contributed by atoms with van der Waals surface area (Å²) in [6.07, 6.45) is 9.99. The topological polar surface area (TPSA) is 6.48 Å². The van der Waals surface area contributed by atoms with Crippen LogP contribution in [0, 0.1) is 0 Å². The van der Waals surface area contributed by atoms with E-state index in [-0.39, 0.29) is 20.4 Å². The summed E-state index contributed by atoms with van der Waals surface area (Å²) in [6.45, 7) is 8.11. The Kier molecular flexibility index (Phi) is 7.03. The Balaban J connectivity index is 0.00000144. The Morgan fingerprint density at radius 3 is 2.69 bits per heavy atom. The summed E-state index contributed by atoms with van der Waals surface area (Å²) in [7, 11) is 0. The van der Waals surface area contributed by atoms with Gasteiger partial charge in [-0.05, 0) is 12.6 Å². The van der Waals surface area contributed by atoms with Gasteiger partial charge in [0.1, 0.15) is 0 Å². The van der Waals surface area contributed by atoms with Crippen molar-refractivity contribution < 1.29 is 20.4 Å². The molecular weight excluding hydrogens is 334 g/mol. The van der Waals surface area contributed by atoms with Gasteiger partial charge in [-0.25, -0.2) is 0 Å². The molecule has 1 rings (SSSR count). The van der Waals surface area contributed by atoms with Crippen LogP contribution in [0.3, 0.4) is 0 Å². The first-order valence-corrected chi connectivity index (χ1v) is 4.67. The molecule has 3 heteroatoms. The van der Waals surface area contributed by atoms with E-state index in [1.807, 2.05) is 6.20 Å². The smallest absolute Gasteiger partial charge is 0.0935 e. The third kappa shape index (κ3) is 4.50. The summed E-state index contributed by atoms with van der Waals surface area (Å²) >= 11 is 0. The van der Waals surface area contributed by atoms with Crippen molar-refractivity contribution in [3.63, 3.8) is 0 Å². The van der Waals surface area contributed by atoms with E-state index in [1.165, 1.54) is 25.8 Å². The fourth-order valence-corrected chi connectivity index (χ4v) is 1.31. The average molecular weight is 352 g/mol. The molecule has 0 aromatic rings. The second-order valence-corrected chi connectivity index (χ2v) is 3.16. The maximum Gasteiger partial charge on any atom is 0.0935 e. The van der Waals surface area contributed by atoms with Crippen LogP contribution in [0.4, 0.5) is 0 Å². The van der Waals surface area contributed by atoms with Crippen molar-refractivity contribution >= 4 is 0 Å². The Bertz CT molecular complexity index is 168. The van der Waals surface area contributed by atoms with Crippen LogP contribution in [0.5, 0.6) is 0 Å². The maximum atomic E-state index is 3.72. The van der Waals surface area contributed by atoms with Crippen molar-refractivity contribution in [2.45, 2.75) is 26.2 Å². The van der Waals surface area contributed by atoms with Crippen LogP contribution in [0.2, 0.25) is 0 Å². The summed E-state index contributed by atoms with van der Waals surface area (Å²) < 4.78 is 0. The summed E-state index contributed by atoms with van der Waals surface area (Å²) in [6, 6.07) is 0. The molecule has 2 nitrogen and oxygen atoms in total. The zero-order valence-electron chi connectivity index (χ0n) is 8.25. The number of hydrogen-bond donors (Lipinski definition) is 0. The van der Waals surface area contributed by atoms with E-state index in [1.54, 1.807) is 0 Å². The molecule has 0 atom stereocenters. The average Bonchev–Trinajstić information content (AvgIpc) is 2.53. The van der Waals surface area contributed by atoms with Crippen LogP contribution in [0.15, 0.2) is 25.2 Å². The first-order valence-electron chi connectivity index (χ1n) is 4.67. The van der Waals surface area contributed by atoms with Crippen molar-refractivity contribution in [2.24, 2.45) is 0 Å². The summed E-state index contributed by atoms with van der Waals surface area (Å²) in [5.74, 6) is 0. The van der Waals surface area contributed by atoms with Crippen LogP contribution < -0.4 is 0 Å². The predicted molar refractivity (Wildman–Crippen MR) is 52.3 cm³/mol. The predicted octanol–water partition coefficient (Wildman–Crippen LogP) is 2.36. The molecule has 0 aliphatic carbocycles. The molecule has 1 radical (unpaired) electrons. The van der Waals surface area contributed by atoms with Crippen LogP contribution in [-0.2, 0) is 20.4 Å². The summed E-state index contributed by atoms with van der Waals surface area (Å²) in [4.78, 5) is 4.41. The van der Waals surface area contributed by atoms with Crippen molar-refractivity contribution in [2.75, 3.05) is 13.2 Å². The van der Waals surface area contributed by atoms with Crippen LogP contribution in [0.25, 0.3) is 0 Å². The third-order valence-corrected chi connectivity index (χ3v) is 2.10. The second kappa shape index (κ2) is 7.18. The molecule has 1 aliphatic heterocycles. The largest absolute Gasteiger partial charge is 0.358 e. The fourth-order valence-electron chi connectivity index (χ4n) is 1.31. The van der Waals surface area contributed by atoms with Crippen molar-refractivity contribution in [3.05, 3.63) is 25.2 Å². The van der Waals surface area contributed by atoms with Crippen molar-refractivity contribution in [1.29, 1.82) is 0 Å². The van der Waals surface area contributed by atoms with Gasteiger partial charge in [0, 0.05) is 39.4 Å². The quantitative estimate of drug-likeness (QED) is 0.701. The van der Waals surface area contributed by atoms with E-state index < -0.39 is 0 Å². The van der Waals surface area contributed by atoms with Gasteiger partial charge in [0.2, 0.25) is 0 Å². The normalized spacial score (nSPS) is 14.5. The molecule has 0 aromatic carbocycles. The molecule has 0 unspecified atom stereocenters. The molecule has 0 N–H and O–H groups in total. The Labute approximate surface area is 94.9 Å². The van der Waals surface area contributed by atoms with Gasteiger partial charge in [-0.1, -0.05) is 26.3 Å². The van der Waals surface area contributed by atoms with E-state index in [9.17, 15) is 0 Å². The van der Waals surface area contributed by atoms with Gasteiger partial charge in [0.15, 0.2) is 0 Å². The van der Waals surface area contributed by atoms with Gasteiger partial charge in [-0.3, -0.25) is 0 Å². The van der Waals surface area contributed by atoms with Gasteiger partial charge in [0.05, 0.1) is 6.67 Å². The summed E-state index contributed by atoms with van der Waals surface area (Å²) in [5, 5.41) is 0. The molecule has 0 saturated carbocycles. The van der Waals surface area contributed by atoms with Gasteiger partial charge in [-0.15, -0.1) is 0 Å². The fraction of sp³-hybridized carbons (Fsp3) is 0.600. The number of unbranched alkanes of at least 4 members (excludes halogenated alkanes) is 2.